The number of nitrogens with zero attached hydrogens (tertiary/aromatic N) is 3. The topological polar surface area (TPSA) is 102 Å². The van der Waals surface area contributed by atoms with Crippen LogP contribution in [0.15, 0.2) is 48.7 Å². The van der Waals surface area contributed by atoms with E-state index in [4.69, 9.17) is 10.5 Å². The van der Waals surface area contributed by atoms with Crippen LogP contribution in [0.4, 0.5) is 5.13 Å². The summed E-state index contributed by atoms with van der Waals surface area (Å²) in [7, 11) is 1.66. The van der Waals surface area contributed by atoms with Crippen molar-refractivity contribution < 1.29 is 4.74 Å². The van der Waals surface area contributed by atoms with Crippen LogP contribution in [0.2, 0.25) is 0 Å². The highest BCUT2D eigenvalue weighted by molar-refractivity contribution is 7.18. The van der Waals surface area contributed by atoms with Gasteiger partial charge in [-0.3, -0.25) is 5.10 Å². The number of aromatic amines is 1. The molecule has 2 aromatic heterocycles. The third-order valence-electron chi connectivity index (χ3n) is 4.28. The Bertz CT molecular complexity index is 1030. The summed E-state index contributed by atoms with van der Waals surface area (Å²) >= 11 is 1.51. The van der Waals surface area contributed by atoms with Crippen molar-refractivity contribution in [3.63, 3.8) is 0 Å². The fraction of sp³-hybridized carbons (Fsp3) is 0.211. The van der Waals surface area contributed by atoms with Crippen LogP contribution < -0.4 is 15.8 Å². The highest BCUT2D eigenvalue weighted by Crippen LogP contribution is 2.28. The van der Waals surface area contributed by atoms with Crippen molar-refractivity contribution in [1.29, 1.82) is 0 Å². The molecule has 27 heavy (non-hydrogen) atoms. The Hall–Kier alpha value is -2.97. The first-order valence-corrected chi connectivity index (χ1v) is 9.42. The third kappa shape index (κ3) is 4.07. The van der Waals surface area contributed by atoms with Gasteiger partial charge in [-0.25, -0.2) is 0 Å². The van der Waals surface area contributed by atoms with E-state index in [-0.39, 0.29) is 6.04 Å². The highest BCUT2D eigenvalue weighted by atomic mass is 32.1. The maximum Gasteiger partial charge on any atom is 0.206 e. The molecule has 4 rings (SSSR count). The molecular weight excluding hydrogens is 360 g/mol. The van der Waals surface area contributed by atoms with Crippen molar-refractivity contribution in [2.24, 2.45) is 5.73 Å². The SMILES string of the molecule is COc1ccc(CC(N)CNc2nnc(-c3ccc4[nH]ncc4c3)s2)cc1. The van der Waals surface area contributed by atoms with Gasteiger partial charge in [0.15, 0.2) is 0 Å². The molecule has 1 atom stereocenters. The number of fused-ring (bicyclic) bond motifs is 1. The number of benzene rings is 2. The normalized spacial score (nSPS) is 12.2. The summed E-state index contributed by atoms with van der Waals surface area (Å²) < 4.78 is 5.17. The van der Waals surface area contributed by atoms with Crippen molar-refractivity contribution in [2.75, 3.05) is 19.0 Å². The van der Waals surface area contributed by atoms with Crippen molar-refractivity contribution in [1.82, 2.24) is 20.4 Å². The van der Waals surface area contributed by atoms with Crippen LogP contribution in [0.3, 0.4) is 0 Å². The van der Waals surface area contributed by atoms with Gasteiger partial charge in [-0.1, -0.05) is 23.5 Å². The van der Waals surface area contributed by atoms with Crippen LogP contribution in [0.1, 0.15) is 5.56 Å². The van der Waals surface area contributed by atoms with Crippen LogP contribution in [-0.4, -0.2) is 40.1 Å². The molecule has 0 spiro atoms. The number of H-pyrrole nitrogens is 1. The first kappa shape index (κ1) is 17.4. The van der Waals surface area contributed by atoms with Gasteiger partial charge in [0.1, 0.15) is 10.8 Å². The van der Waals surface area contributed by atoms with E-state index in [1.54, 1.807) is 13.3 Å². The fourth-order valence-electron chi connectivity index (χ4n) is 2.84. The lowest BCUT2D eigenvalue weighted by Gasteiger charge is -2.12. The molecule has 7 nitrogen and oxygen atoms in total. The van der Waals surface area contributed by atoms with E-state index in [0.717, 1.165) is 38.8 Å². The molecule has 0 radical (unpaired) electrons. The lowest BCUT2D eigenvalue weighted by Crippen LogP contribution is -2.31. The predicted octanol–water partition coefficient (Wildman–Crippen LogP) is 3.07. The van der Waals surface area contributed by atoms with E-state index in [1.807, 2.05) is 36.4 Å². The van der Waals surface area contributed by atoms with E-state index in [9.17, 15) is 0 Å². The van der Waals surface area contributed by atoms with Gasteiger partial charge >= 0.3 is 0 Å². The quantitative estimate of drug-likeness (QED) is 0.455. The molecule has 2 heterocycles. The molecule has 138 valence electrons. The summed E-state index contributed by atoms with van der Waals surface area (Å²) in [6.07, 6.45) is 2.58. The second-order valence-electron chi connectivity index (χ2n) is 6.28. The van der Waals surface area contributed by atoms with E-state index in [1.165, 1.54) is 16.9 Å². The Morgan fingerprint density at radius 1 is 1.19 bits per heavy atom. The number of hydrogen-bond acceptors (Lipinski definition) is 7. The number of aromatic nitrogens is 4. The zero-order valence-electron chi connectivity index (χ0n) is 14.8. The van der Waals surface area contributed by atoms with E-state index < -0.39 is 0 Å². The zero-order valence-corrected chi connectivity index (χ0v) is 15.7. The Kier molecular flexibility index (Phi) is 4.99. The van der Waals surface area contributed by atoms with Gasteiger partial charge < -0.3 is 15.8 Å². The molecule has 1 unspecified atom stereocenters. The third-order valence-corrected chi connectivity index (χ3v) is 5.21. The minimum absolute atomic E-state index is 0.0203. The monoisotopic (exact) mass is 380 g/mol. The maximum atomic E-state index is 6.24. The molecular formula is C19H20N6OS. The molecule has 0 aliphatic carbocycles. The lowest BCUT2D eigenvalue weighted by atomic mass is 10.1. The largest absolute Gasteiger partial charge is 0.497 e. The molecule has 0 saturated heterocycles. The summed E-state index contributed by atoms with van der Waals surface area (Å²) in [5.41, 5.74) is 9.45. The highest BCUT2D eigenvalue weighted by Gasteiger charge is 2.10. The Balaban J connectivity index is 1.35. The summed E-state index contributed by atoms with van der Waals surface area (Å²) in [6.45, 7) is 0.626. The van der Waals surface area contributed by atoms with Crippen molar-refractivity contribution >= 4 is 27.4 Å². The standard InChI is InChI=1S/C19H20N6OS/c1-26-16-5-2-12(3-6-16)8-15(20)11-21-19-25-24-18(27-19)13-4-7-17-14(9-13)10-22-23-17/h2-7,9-10,15H,8,11,20H2,1H3,(H,21,25)(H,22,23). The van der Waals surface area contributed by atoms with Crippen LogP contribution in [0.25, 0.3) is 21.5 Å². The van der Waals surface area contributed by atoms with Crippen LogP contribution in [-0.2, 0) is 6.42 Å². The smallest absolute Gasteiger partial charge is 0.206 e. The molecule has 8 heteroatoms. The summed E-state index contributed by atoms with van der Waals surface area (Å²) in [5.74, 6) is 0.848. The van der Waals surface area contributed by atoms with Gasteiger partial charge in [-0.05, 0) is 42.3 Å². The van der Waals surface area contributed by atoms with Gasteiger partial charge in [-0.15, -0.1) is 10.2 Å². The first-order valence-electron chi connectivity index (χ1n) is 8.60. The van der Waals surface area contributed by atoms with E-state index in [2.05, 4.69) is 31.8 Å². The molecule has 2 aromatic carbocycles. The molecule has 0 bridgehead atoms. The van der Waals surface area contributed by atoms with Crippen LogP contribution in [0, 0.1) is 0 Å². The van der Waals surface area contributed by atoms with Crippen molar-refractivity contribution in [2.45, 2.75) is 12.5 Å². The number of nitrogens with two attached hydrogens (primary N) is 1. The van der Waals surface area contributed by atoms with E-state index >= 15 is 0 Å². The van der Waals surface area contributed by atoms with Crippen LogP contribution in [0.5, 0.6) is 5.75 Å². The van der Waals surface area contributed by atoms with Gasteiger partial charge in [-0.2, -0.15) is 5.10 Å². The van der Waals surface area contributed by atoms with E-state index in [0.29, 0.717) is 6.54 Å². The molecule has 4 N–H and O–H groups in total. The van der Waals surface area contributed by atoms with Gasteiger partial charge in [0.25, 0.3) is 0 Å². The average Bonchev–Trinajstić information content (AvgIpc) is 3.35. The van der Waals surface area contributed by atoms with Crippen LogP contribution >= 0.6 is 11.3 Å². The Morgan fingerprint density at radius 3 is 2.85 bits per heavy atom. The number of ether oxygens (including phenoxy) is 1. The number of hydrogen-bond donors (Lipinski definition) is 3. The molecule has 0 fully saturated rings. The number of methoxy groups -OCH3 is 1. The molecule has 0 aliphatic heterocycles. The Morgan fingerprint density at radius 2 is 2.04 bits per heavy atom. The van der Waals surface area contributed by atoms with Crippen molar-refractivity contribution in [3.05, 3.63) is 54.2 Å². The summed E-state index contributed by atoms with van der Waals surface area (Å²) in [5, 5.41) is 21.5. The predicted molar refractivity (Wildman–Crippen MR) is 108 cm³/mol. The zero-order chi connectivity index (χ0) is 18.6. The van der Waals surface area contributed by atoms with Crippen molar-refractivity contribution in [3.8, 4) is 16.3 Å². The Labute approximate surface area is 160 Å². The molecule has 0 amide bonds. The minimum Gasteiger partial charge on any atom is -0.497 e. The molecule has 0 saturated carbocycles. The summed E-state index contributed by atoms with van der Waals surface area (Å²) in [4.78, 5) is 0. The minimum atomic E-state index is -0.0203. The average molecular weight is 380 g/mol. The maximum absolute atomic E-state index is 6.24. The second-order valence-corrected chi connectivity index (χ2v) is 7.26. The number of anilines is 1. The molecule has 4 aromatic rings. The van der Waals surface area contributed by atoms with Gasteiger partial charge in [0.2, 0.25) is 5.13 Å². The lowest BCUT2D eigenvalue weighted by molar-refractivity contribution is 0.414. The number of rotatable bonds is 7. The van der Waals surface area contributed by atoms with Gasteiger partial charge in [0.05, 0.1) is 18.8 Å². The fourth-order valence-corrected chi connectivity index (χ4v) is 3.59. The number of nitrogens with one attached hydrogen (secondary N) is 2. The van der Waals surface area contributed by atoms with Gasteiger partial charge in [0, 0.05) is 23.5 Å². The molecule has 0 aliphatic rings. The second kappa shape index (κ2) is 7.73. The first-order chi connectivity index (χ1) is 13.2. The summed E-state index contributed by atoms with van der Waals surface area (Å²) in [6, 6.07) is 14.0.